The Hall–Kier alpha value is 0.260. The second kappa shape index (κ2) is 5.06. The maximum atomic E-state index is 11.1. The molecule has 1 heterocycles. The molecule has 0 bridgehead atoms. The number of rotatable bonds is 5. The highest BCUT2D eigenvalue weighted by Gasteiger charge is 2.36. The fourth-order valence-corrected chi connectivity index (χ4v) is 4.31. The second-order valence-corrected chi connectivity index (χ2v) is 8.41. The molecule has 0 radical (unpaired) electrons. The molecule has 1 aliphatic heterocycles. The first-order valence-electron chi connectivity index (χ1n) is 5.36. The summed E-state index contributed by atoms with van der Waals surface area (Å²) in [6.07, 6.45) is 4.47. The van der Waals surface area contributed by atoms with Crippen LogP contribution in [-0.4, -0.2) is 44.0 Å². The van der Waals surface area contributed by atoms with Crippen molar-refractivity contribution in [3.05, 3.63) is 0 Å². The van der Waals surface area contributed by atoms with Crippen LogP contribution in [0, 0.1) is 0 Å². The van der Waals surface area contributed by atoms with E-state index < -0.39 is 9.84 Å². The molecule has 0 amide bonds. The van der Waals surface area contributed by atoms with Crippen LogP contribution in [0.25, 0.3) is 0 Å². The van der Waals surface area contributed by atoms with Crippen LogP contribution in [0.3, 0.4) is 0 Å². The lowest BCUT2D eigenvalue weighted by molar-refractivity contribution is 0.416. The molecule has 1 rings (SSSR count). The zero-order chi connectivity index (χ0) is 11.5. The normalized spacial score (nSPS) is 29.3. The number of hydrogen-bond acceptors (Lipinski definition) is 4. The Morgan fingerprint density at radius 2 is 2.20 bits per heavy atom. The van der Waals surface area contributed by atoms with Crippen LogP contribution >= 0.6 is 11.8 Å². The van der Waals surface area contributed by atoms with Gasteiger partial charge in [-0.1, -0.05) is 0 Å². The highest BCUT2D eigenvalue weighted by molar-refractivity contribution is 8.00. The van der Waals surface area contributed by atoms with Gasteiger partial charge in [0.05, 0.1) is 5.75 Å². The fourth-order valence-electron chi connectivity index (χ4n) is 2.16. The van der Waals surface area contributed by atoms with Crippen molar-refractivity contribution in [3.8, 4) is 0 Å². The number of sulfone groups is 1. The Bertz CT molecular complexity index is 295. The molecule has 0 spiro atoms. The third kappa shape index (κ3) is 3.96. The van der Waals surface area contributed by atoms with Crippen molar-refractivity contribution in [1.82, 2.24) is 5.32 Å². The summed E-state index contributed by atoms with van der Waals surface area (Å²) in [5.41, 5.74) is 0. The van der Waals surface area contributed by atoms with Gasteiger partial charge >= 0.3 is 0 Å². The van der Waals surface area contributed by atoms with Crippen molar-refractivity contribution in [3.63, 3.8) is 0 Å². The zero-order valence-corrected chi connectivity index (χ0v) is 11.4. The number of nitrogens with one attached hydrogen (secondary N) is 1. The summed E-state index contributed by atoms with van der Waals surface area (Å²) in [6, 6.07) is 0.305. The van der Waals surface area contributed by atoms with Crippen molar-refractivity contribution in [2.75, 3.05) is 24.8 Å². The summed E-state index contributed by atoms with van der Waals surface area (Å²) in [6.45, 7) is 2.24. The lowest BCUT2D eigenvalue weighted by atomic mass is 9.94. The van der Waals surface area contributed by atoms with E-state index in [-0.39, 0.29) is 10.5 Å². The summed E-state index contributed by atoms with van der Waals surface area (Å²) in [5.74, 6) is 1.49. The van der Waals surface area contributed by atoms with Crippen LogP contribution in [0.2, 0.25) is 0 Å². The van der Waals surface area contributed by atoms with Crippen molar-refractivity contribution in [2.45, 2.75) is 37.0 Å². The van der Waals surface area contributed by atoms with Crippen LogP contribution in [-0.2, 0) is 9.84 Å². The third-order valence-electron chi connectivity index (χ3n) is 3.11. The van der Waals surface area contributed by atoms with Crippen LogP contribution in [0.15, 0.2) is 0 Å². The van der Waals surface area contributed by atoms with E-state index >= 15 is 0 Å². The zero-order valence-electron chi connectivity index (χ0n) is 9.75. The highest BCUT2D eigenvalue weighted by atomic mass is 32.2. The van der Waals surface area contributed by atoms with Crippen molar-refractivity contribution in [2.24, 2.45) is 0 Å². The van der Waals surface area contributed by atoms with Gasteiger partial charge in [-0.25, -0.2) is 8.42 Å². The average molecular weight is 251 g/mol. The quantitative estimate of drug-likeness (QED) is 0.800. The van der Waals surface area contributed by atoms with Crippen molar-refractivity contribution >= 4 is 21.6 Å². The summed E-state index contributed by atoms with van der Waals surface area (Å²) in [4.78, 5) is 0. The van der Waals surface area contributed by atoms with E-state index in [0.29, 0.717) is 6.04 Å². The minimum absolute atomic E-state index is 0.222. The van der Waals surface area contributed by atoms with Crippen molar-refractivity contribution < 1.29 is 8.42 Å². The molecule has 0 aromatic rings. The first kappa shape index (κ1) is 13.3. The Morgan fingerprint density at radius 3 is 2.60 bits per heavy atom. The van der Waals surface area contributed by atoms with Gasteiger partial charge in [0.2, 0.25) is 0 Å². The van der Waals surface area contributed by atoms with E-state index in [1.807, 2.05) is 18.8 Å². The molecule has 0 aliphatic carbocycles. The van der Waals surface area contributed by atoms with E-state index in [1.54, 1.807) is 0 Å². The SMILES string of the molecule is CNC(CCS(C)(=O)=O)C1(C)CCCS1. The Labute approximate surface area is 97.3 Å². The monoisotopic (exact) mass is 251 g/mol. The van der Waals surface area contributed by atoms with Gasteiger partial charge in [-0.05, 0) is 39.0 Å². The third-order valence-corrected chi connectivity index (χ3v) is 5.73. The molecule has 1 fully saturated rings. The van der Waals surface area contributed by atoms with Gasteiger partial charge in [0.1, 0.15) is 9.84 Å². The lowest BCUT2D eigenvalue weighted by Crippen LogP contribution is -2.44. The molecule has 0 saturated carbocycles. The maximum absolute atomic E-state index is 11.1. The van der Waals surface area contributed by atoms with Gasteiger partial charge < -0.3 is 5.32 Å². The first-order valence-corrected chi connectivity index (χ1v) is 8.41. The van der Waals surface area contributed by atoms with Crippen LogP contribution in [0.1, 0.15) is 26.2 Å². The van der Waals surface area contributed by atoms with E-state index in [4.69, 9.17) is 0 Å². The van der Waals surface area contributed by atoms with Gasteiger partial charge in [0.25, 0.3) is 0 Å². The number of thioether (sulfide) groups is 1. The Morgan fingerprint density at radius 1 is 1.53 bits per heavy atom. The molecule has 3 nitrogen and oxygen atoms in total. The molecule has 2 unspecified atom stereocenters. The lowest BCUT2D eigenvalue weighted by Gasteiger charge is -2.33. The van der Waals surface area contributed by atoms with E-state index in [0.717, 1.165) is 6.42 Å². The van der Waals surface area contributed by atoms with Crippen LogP contribution < -0.4 is 5.32 Å². The summed E-state index contributed by atoms with van der Waals surface area (Å²) in [7, 11) is -0.907. The molecule has 0 aromatic heterocycles. The molecule has 90 valence electrons. The van der Waals surface area contributed by atoms with E-state index in [2.05, 4.69) is 12.2 Å². The minimum Gasteiger partial charge on any atom is -0.316 e. The molecular formula is C10H21NO2S2. The molecule has 5 heteroatoms. The molecule has 1 aliphatic rings. The average Bonchev–Trinajstić information content (AvgIpc) is 2.52. The molecule has 0 aromatic carbocycles. The molecule has 15 heavy (non-hydrogen) atoms. The Kier molecular flexibility index (Phi) is 4.50. The topological polar surface area (TPSA) is 46.2 Å². The van der Waals surface area contributed by atoms with Gasteiger partial charge in [-0.15, -0.1) is 0 Å². The fraction of sp³-hybridized carbons (Fsp3) is 1.00. The number of hydrogen-bond donors (Lipinski definition) is 1. The standard InChI is InChI=1S/C10H21NO2S2/c1-10(6-4-7-14-10)9(11-2)5-8-15(3,12)13/h9,11H,4-8H2,1-3H3. The van der Waals surface area contributed by atoms with Gasteiger partial charge in [0.15, 0.2) is 0 Å². The van der Waals surface area contributed by atoms with Gasteiger partial charge in [-0.2, -0.15) is 11.8 Å². The summed E-state index contributed by atoms with van der Waals surface area (Å²) in [5, 5.41) is 3.27. The molecule has 2 atom stereocenters. The first-order chi connectivity index (χ1) is 6.87. The summed E-state index contributed by atoms with van der Waals surface area (Å²) < 4.78 is 22.5. The predicted molar refractivity (Wildman–Crippen MR) is 67.3 cm³/mol. The largest absolute Gasteiger partial charge is 0.316 e. The van der Waals surface area contributed by atoms with Crippen LogP contribution in [0.5, 0.6) is 0 Å². The van der Waals surface area contributed by atoms with Crippen molar-refractivity contribution in [1.29, 1.82) is 0 Å². The van der Waals surface area contributed by atoms with E-state index in [9.17, 15) is 8.42 Å². The second-order valence-electron chi connectivity index (χ2n) is 4.52. The van der Waals surface area contributed by atoms with Gasteiger partial charge in [-0.3, -0.25) is 0 Å². The molecule has 1 saturated heterocycles. The van der Waals surface area contributed by atoms with E-state index in [1.165, 1.54) is 24.9 Å². The predicted octanol–water partition coefficient (Wildman–Crippen LogP) is 1.29. The molecular weight excluding hydrogens is 230 g/mol. The highest BCUT2D eigenvalue weighted by Crippen LogP contribution is 2.41. The smallest absolute Gasteiger partial charge is 0.147 e. The van der Waals surface area contributed by atoms with Gasteiger partial charge in [0, 0.05) is 17.0 Å². The molecule has 1 N–H and O–H groups in total. The van der Waals surface area contributed by atoms with Crippen LogP contribution in [0.4, 0.5) is 0 Å². The summed E-state index contributed by atoms with van der Waals surface area (Å²) >= 11 is 1.97. The minimum atomic E-state index is -2.83. The Balaban J connectivity index is 2.55. The maximum Gasteiger partial charge on any atom is 0.147 e.